The van der Waals surface area contributed by atoms with Gasteiger partial charge in [-0.1, -0.05) is 6.08 Å². The number of carbonyl (C=O) groups is 1. The number of hydrogen-bond donors (Lipinski definition) is 0. The maximum absolute atomic E-state index is 10.5. The minimum absolute atomic E-state index is 0.105. The van der Waals surface area contributed by atoms with Gasteiger partial charge in [0.1, 0.15) is 0 Å². The van der Waals surface area contributed by atoms with E-state index < -0.39 is 0 Å². The van der Waals surface area contributed by atoms with E-state index in [1.165, 1.54) is 0 Å². The number of ketones is 1. The van der Waals surface area contributed by atoms with E-state index >= 15 is 0 Å². The van der Waals surface area contributed by atoms with Crippen LogP contribution in [-0.4, -0.2) is 30.8 Å². The summed E-state index contributed by atoms with van der Waals surface area (Å²) in [7, 11) is 3.96. The second-order valence-corrected chi connectivity index (χ2v) is 2.67. The molecule has 0 rings (SSSR count). The second-order valence-electron chi connectivity index (χ2n) is 2.67. The quantitative estimate of drug-likeness (QED) is 0.548. The Labute approximate surface area is 62.5 Å². The van der Waals surface area contributed by atoms with Gasteiger partial charge in [0, 0.05) is 6.04 Å². The van der Waals surface area contributed by atoms with Gasteiger partial charge in [0.05, 0.1) is 0 Å². The Kier molecular flexibility index (Phi) is 3.96. The molecule has 0 aromatic carbocycles. The summed E-state index contributed by atoms with van der Waals surface area (Å²) in [6, 6.07) is 0.337. The fourth-order valence-corrected chi connectivity index (χ4v) is 0.447. The van der Waals surface area contributed by atoms with Crippen molar-refractivity contribution < 1.29 is 4.79 Å². The normalized spacial score (nSPS) is 14.5. The summed E-state index contributed by atoms with van der Waals surface area (Å²) >= 11 is 0. The van der Waals surface area contributed by atoms with Gasteiger partial charge in [0.15, 0.2) is 5.78 Å². The molecule has 0 bridgehead atoms. The van der Waals surface area contributed by atoms with Crippen LogP contribution in [0.2, 0.25) is 0 Å². The lowest BCUT2D eigenvalue weighted by Gasteiger charge is -2.14. The molecule has 0 spiro atoms. The Morgan fingerprint density at radius 1 is 1.50 bits per heavy atom. The van der Waals surface area contributed by atoms with E-state index in [0.717, 1.165) is 0 Å². The molecule has 0 heterocycles. The fraction of sp³-hybridized carbons (Fsp3) is 0.625. The summed E-state index contributed by atoms with van der Waals surface area (Å²) in [5.41, 5.74) is 0. The van der Waals surface area contributed by atoms with E-state index in [-0.39, 0.29) is 5.78 Å². The van der Waals surface area contributed by atoms with Crippen LogP contribution in [0.3, 0.4) is 0 Å². The molecule has 1 atom stereocenters. The van der Waals surface area contributed by atoms with Crippen molar-refractivity contribution in [2.45, 2.75) is 19.9 Å². The van der Waals surface area contributed by atoms with Crippen LogP contribution in [0.4, 0.5) is 0 Å². The third-order valence-corrected chi connectivity index (χ3v) is 1.42. The van der Waals surface area contributed by atoms with Crippen molar-refractivity contribution in [2.24, 2.45) is 0 Å². The van der Waals surface area contributed by atoms with Crippen molar-refractivity contribution >= 4 is 5.78 Å². The first-order chi connectivity index (χ1) is 4.54. The molecule has 0 aromatic heterocycles. The van der Waals surface area contributed by atoms with Crippen LogP contribution in [0.1, 0.15) is 13.8 Å². The van der Waals surface area contributed by atoms with Gasteiger partial charge in [-0.05, 0) is 34.0 Å². The van der Waals surface area contributed by atoms with Crippen LogP contribution in [0.15, 0.2) is 12.2 Å². The van der Waals surface area contributed by atoms with Gasteiger partial charge in [0.25, 0.3) is 0 Å². The van der Waals surface area contributed by atoms with E-state index in [4.69, 9.17) is 0 Å². The predicted molar refractivity (Wildman–Crippen MR) is 43.0 cm³/mol. The van der Waals surface area contributed by atoms with Gasteiger partial charge >= 0.3 is 0 Å². The highest BCUT2D eigenvalue weighted by Crippen LogP contribution is 1.92. The Bertz CT molecular complexity index is 138. The average Bonchev–Trinajstić information content (AvgIpc) is 1.82. The first-order valence-electron chi connectivity index (χ1n) is 3.39. The molecule has 10 heavy (non-hydrogen) atoms. The van der Waals surface area contributed by atoms with Crippen LogP contribution < -0.4 is 0 Å². The van der Waals surface area contributed by atoms with Crippen molar-refractivity contribution in [3.63, 3.8) is 0 Å². The largest absolute Gasteiger partial charge is 0.303 e. The Balaban J connectivity index is 3.77. The summed E-state index contributed by atoms with van der Waals surface area (Å²) in [5, 5.41) is 0. The Morgan fingerprint density at radius 2 is 2.00 bits per heavy atom. The van der Waals surface area contributed by atoms with E-state index in [9.17, 15) is 4.79 Å². The molecule has 58 valence electrons. The zero-order valence-electron chi connectivity index (χ0n) is 7.09. The van der Waals surface area contributed by atoms with Gasteiger partial charge in [-0.2, -0.15) is 0 Å². The van der Waals surface area contributed by atoms with E-state index in [1.54, 1.807) is 13.0 Å². The molecular formula is C8H15NO. The number of allylic oxidation sites excluding steroid dienone is 1. The SMILES string of the molecule is CC(=O)/C=C/[C@@H](C)N(C)C. The highest BCUT2D eigenvalue weighted by atomic mass is 16.1. The molecule has 0 saturated carbocycles. The van der Waals surface area contributed by atoms with Crippen molar-refractivity contribution in [1.82, 2.24) is 4.90 Å². The first kappa shape index (κ1) is 9.37. The summed E-state index contributed by atoms with van der Waals surface area (Å²) in [6.07, 6.45) is 3.49. The van der Waals surface area contributed by atoms with Gasteiger partial charge < -0.3 is 4.90 Å². The van der Waals surface area contributed by atoms with Crippen LogP contribution in [0, 0.1) is 0 Å². The summed E-state index contributed by atoms with van der Waals surface area (Å²) < 4.78 is 0. The topological polar surface area (TPSA) is 20.3 Å². The molecular weight excluding hydrogens is 126 g/mol. The molecule has 0 aliphatic rings. The third-order valence-electron chi connectivity index (χ3n) is 1.42. The number of rotatable bonds is 3. The molecule has 0 unspecified atom stereocenters. The molecule has 0 amide bonds. The summed E-state index contributed by atoms with van der Waals surface area (Å²) in [6.45, 7) is 3.60. The molecule has 0 aromatic rings. The molecule has 0 aliphatic carbocycles. The average molecular weight is 141 g/mol. The zero-order valence-corrected chi connectivity index (χ0v) is 7.09. The summed E-state index contributed by atoms with van der Waals surface area (Å²) in [4.78, 5) is 12.5. The van der Waals surface area contributed by atoms with Crippen molar-refractivity contribution in [3.05, 3.63) is 12.2 Å². The number of likely N-dealkylation sites (N-methyl/N-ethyl adjacent to an activating group) is 1. The lowest BCUT2D eigenvalue weighted by molar-refractivity contribution is -0.112. The minimum atomic E-state index is 0.105. The zero-order chi connectivity index (χ0) is 8.15. The van der Waals surface area contributed by atoms with Crippen LogP contribution >= 0.6 is 0 Å². The van der Waals surface area contributed by atoms with Crippen molar-refractivity contribution in [3.8, 4) is 0 Å². The maximum Gasteiger partial charge on any atom is 0.152 e. The molecule has 0 aliphatic heterocycles. The van der Waals surface area contributed by atoms with E-state index in [2.05, 4.69) is 0 Å². The van der Waals surface area contributed by atoms with E-state index in [1.807, 2.05) is 32.0 Å². The van der Waals surface area contributed by atoms with Crippen molar-refractivity contribution in [1.29, 1.82) is 0 Å². The Hall–Kier alpha value is -0.630. The van der Waals surface area contributed by atoms with Gasteiger partial charge in [-0.15, -0.1) is 0 Å². The van der Waals surface area contributed by atoms with Crippen LogP contribution in [-0.2, 0) is 4.79 Å². The number of carbonyl (C=O) groups excluding carboxylic acids is 1. The number of nitrogens with zero attached hydrogens (tertiary/aromatic N) is 1. The van der Waals surface area contributed by atoms with E-state index in [0.29, 0.717) is 6.04 Å². The van der Waals surface area contributed by atoms with Crippen molar-refractivity contribution in [2.75, 3.05) is 14.1 Å². The van der Waals surface area contributed by atoms with Gasteiger partial charge in [0.2, 0.25) is 0 Å². The second kappa shape index (κ2) is 4.23. The summed E-state index contributed by atoms with van der Waals surface area (Å²) in [5.74, 6) is 0.105. The molecule has 2 heteroatoms. The molecule has 0 N–H and O–H groups in total. The fourth-order valence-electron chi connectivity index (χ4n) is 0.447. The first-order valence-corrected chi connectivity index (χ1v) is 3.39. The minimum Gasteiger partial charge on any atom is -0.303 e. The Morgan fingerprint density at radius 3 is 2.30 bits per heavy atom. The molecule has 0 fully saturated rings. The highest BCUT2D eigenvalue weighted by molar-refractivity contribution is 5.87. The third kappa shape index (κ3) is 4.27. The smallest absolute Gasteiger partial charge is 0.152 e. The molecule has 0 radical (unpaired) electrons. The van der Waals surface area contributed by atoms with Crippen LogP contribution in [0.25, 0.3) is 0 Å². The lowest BCUT2D eigenvalue weighted by atomic mass is 10.2. The van der Waals surface area contributed by atoms with Gasteiger partial charge in [-0.3, -0.25) is 4.79 Å². The number of hydrogen-bond acceptors (Lipinski definition) is 2. The maximum atomic E-state index is 10.5. The predicted octanol–water partition coefficient (Wildman–Crippen LogP) is 1.08. The molecule has 2 nitrogen and oxygen atoms in total. The lowest BCUT2D eigenvalue weighted by Crippen LogP contribution is -2.22. The highest BCUT2D eigenvalue weighted by Gasteiger charge is 1.97. The standard InChI is InChI=1S/C8H15NO/c1-7(9(3)4)5-6-8(2)10/h5-7H,1-4H3/b6-5+/t7-/m1/s1. The van der Waals surface area contributed by atoms with Crippen LogP contribution in [0.5, 0.6) is 0 Å². The monoisotopic (exact) mass is 141 g/mol. The van der Waals surface area contributed by atoms with Gasteiger partial charge in [-0.25, -0.2) is 0 Å². The molecule has 0 saturated heterocycles.